The van der Waals surface area contributed by atoms with E-state index in [0.29, 0.717) is 18.4 Å². The van der Waals surface area contributed by atoms with Gasteiger partial charge in [0.25, 0.3) is 0 Å². The molecule has 1 N–H and O–H groups in total. The van der Waals surface area contributed by atoms with Crippen molar-refractivity contribution in [2.24, 2.45) is 0 Å². The van der Waals surface area contributed by atoms with Crippen LogP contribution in [0.3, 0.4) is 0 Å². The summed E-state index contributed by atoms with van der Waals surface area (Å²) in [6.07, 6.45) is -2.47. The van der Waals surface area contributed by atoms with E-state index in [0.717, 1.165) is 32.5 Å². The van der Waals surface area contributed by atoms with Crippen molar-refractivity contribution in [1.29, 1.82) is 0 Å². The van der Waals surface area contributed by atoms with Gasteiger partial charge in [-0.25, -0.2) is 4.79 Å². The number of carboxylic acids is 1. The Balaban J connectivity index is 0.000000381. The van der Waals surface area contributed by atoms with Crippen LogP contribution in [-0.4, -0.2) is 65.7 Å². The van der Waals surface area contributed by atoms with E-state index in [1.807, 2.05) is 0 Å². The number of thiophene rings is 1. The number of alkyl halides is 3. The van der Waals surface area contributed by atoms with Gasteiger partial charge >= 0.3 is 12.1 Å². The number of nitrogens with zero attached hydrogens (tertiary/aromatic N) is 2. The number of amides is 1. The normalized spacial score (nSPS) is 18.9. The van der Waals surface area contributed by atoms with E-state index in [4.69, 9.17) is 9.90 Å². The highest BCUT2D eigenvalue weighted by Crippen LogP contribution is 2.14. The van der Waals surface area contributed by atoms with Crippen molar-refractivity contribution in [3.8, 4) is 0 Å². The highest BCUT2D eigenvalue weighted by atomic mass is 32.1. The van der Waals surface area contributed by atoms with Crippen molar-refractivity contribution in [3.63, 3.8) is 0 Å². The van der Waals surface area contributed by atoms with Crippen molar-refractivity contribution in [2.75, 3.05) is 26.7 Å². The molecule has 0 saturated carbocycles. The molecule has 1 aromatic rings. The first-order valence-corrected chi connectivity index (χ1v) is 8.84. The fourth-order valence-electron chi connectivity index (χ4n) is 2.57. The molecule has 0 radical (unpaired) electrons. The minimum atomic E-state index is -5.08. The van der Waals surface area contributed by atoms with Crippen LogP contribution in [0.5, 0.6) is 0 Å². The Labute approximate surface area is 149 Å². The van der Waals surface area contributed by atoms with E-state index in [2.05, 4.69) is 40.6 Å². The number of hydrogen-bond acceptors (Lipinski definition) is 4. The summed E-state index contributed by atoms with van der Waals surface area (Å²) in [7, 11) is 2.13. The minimum absolute atomic E-state index is 0.309. The van der Waals surface area contributed by atoms with Crippen molar-refractivity contribution in [1.82, 2.24) is 9.80 Å². The van der Waals surface area contributed by atoms with Crippen LogP contribution >= 0.6 is 11.3 Å². The number of carbonyl (C=O) groups is 2. The summed E-state index contributed by atoms with van der Waals surface area (Å²) in [5, 5.41) is 11.3. The number of likely N-dealkylation sites (N-methyl/N-ethyl adjacent to an activating group) is 1. The fourth-order valence-corrected chi connectivity index (χ4v) is 3.28. The quantitative estimate of drug-likeness (QED) is 0.876. The lowest BCUT2D eigenvalue weighted by atomic mass is 10.1. The molecule has 25 heavy (non-hydrogen) atoms. The highest BCUT2D eigenvalue weighted by molar-refractivity contribution is 7.07. The summed E-state index contributed by atoms with van der Waals surface area (Å²) in [4.78, 5) is 25.6. The molecule has 1 unspecified atom stereocenters. The summed E-state index contributed by atoms with van der Waals surface area (Å²) in [5.74, 6) is -2.45. The third-order valence-electron chi connectivity index (χ3n) is 3.82. The van der Waals surface area contributed by atoms with Crippen LogP contribution < -0.4 is 0 Å². The van der Waals surface area contributed by atoms with Gasteiger partial charge in [0.2, 0.25) is 5.91 Å². The third-order valence-corrected chi connectivity index (χ3v) is 4.55. The second-order valence-corrected chi connectivity index (χ2v) is 6.77. The van der Waals surface area contributed by atoms with Gasteiger partial charge in [-0.2, -0.15) is 24.5 Å². The van der Waals surface area contributed by atoms with E-state index >= 15 is 0 Å². The van der Waals surface area contributed by atoms with Crippen molar-refractivity contribution >= 4 is 23.2 Å². The Bertz CT molecular complexity index is 549. The van der Waals surface area contributed by atoms with Crippen molar-refractivity contribution < 1.29 is 27.9 Å². The van der Waals surface area contributed by atoms with E-state index in [1.54, 1.807) is 11.3 Å². The third kappa shape index (κ3) is 7.87. The molecule has 0 aliphatic carbocycles. The van der Waals surface area contributed by atoms with Gasteiger partial charge in [0.05, 0.1) is 0 Å². The van der Waals surface area contributed by atoms with Crippen LogP contribution in [0.1, 0.15) is 25.3 Å². The number of rotatable bonds is 3. The molecule has 1 aliphatic heterocycles. The zero-order valence-electron chi connectivity index (χ0n) is 14.3. The monoisotopic (exact) mass is 380 g/mol. The van der Waals surface area contributed by atoms with Crippen molar-refractivity contribution in [3.05, 3.63) is 22.4 Å². The molecule has 1 fully saturated rings. The molecular formula is C16H23F3N2O3S. The standard InChI is InChI=1S/C14H22N2OS.C2HF3O2/c1-12-10-15(2)7-3-8-16(12)14(17)5-4-13-6-9-18-11-13;3-2(4,5)1(6)7/h6,9,11-12H,3-5,7-8,10H2,1-2H3;(H,6,7). The molecule has 2 heterocycles. The Morgan fingerprint density at radius 2 is 2.00 bits per heavy atom. The lowest BCUT2D eigenvalue weighted by Gasteiger charge is -2.28. The van der Waals surface area contributed by atoms with Crippen LogP contribution in [0.4, 0.5) is 13.2 Å². The SMILES string of the molecule is CC1CN(C)CCCN1C(=O)CCc1ccsc1.O=C(O)C(F)(F)F. The second-order valence-electron chi connectivity index (χ2n) is 5.99. The Morgan fingerprint density at radius 3 is 2.52 bits per heavy atom. The number of carbonyl (C=O) groups excluding carboxylic acids is 1. The molecule has 1 saturated heterocycles. The summed E-state index contributed by atoms with van der Waals surface area (Å²) in [5.41, 5.74) is 1.29. The van der Waals surface area contributed by atoms with E-state index < -0.39 is 12.1 Å². The molecule has 9 heteroatoms. The van der Waals surface area contributed by atoms with Gasteiger partial charge < -0.3 is 14.9 Å². The van der Waals surface area contributed by atoms with Gasteiger partial charge in [0.1, 0.15) is 0 Å². The van der Waals surface area contributed by atoms with E-state index in [-0.39, 0.29) is 0 Å². The molecule has 0 bridgehead atoms. The molecule has 142 valence electrons. The Kier molecular flexibility index (Phi) is 8.37. The number of aryl methyl sites for hydroxylation is 1. The molecule has 1 amide bonds. The maximum Gasteiger partial charge on any atom is 0.490 e. The van der Waals surface area contributed by atoms with Gasteiger partial charge in [0, 0.05) is 25.6 Å². The zero-order chi connectivity index (χ0) is 19.0. The van der Waals surface area contributed by atoms with E-state index in [1.165, 1.54) is 5.56 Å². The van der Waals surface area contributed by atoms with Gasteiger partial charge in [0.15, 0.2) is 0 Å². The van der Waals surface area contributed by atoms with Gasteiger partial charge in [-0.05, 0) is 55.7 Å². The summed E-state index contributed by atoms with van der Waals surface area (Å²) < 4.78 is 31.7. The fraction of sp³-hybridized carbons (Fsp3) is 0.625. The first-order valence-electron chi connectivity index (χ1n) is 7.90. The summed E-state index contributed by atoms with van der Waals surface area (Å²) >= 11 is 1.70. The Hall–Kier alpha value is -1.61. The first-order chi connectivity index (χ1) is 11.6. The maximum atomic E-state index is 12.3. The van der Waals surface area contributed by atoms with Gasteiger partial charge in [-0.15, -0.1) is 0 Å². The largest absolute Gasteiger partial charge is 0.490 e. The highest BCUT2D eigenvalue weighted by Gasteiger charge is 2.38. The lowest BCUT2D eigenvalue weighted by molar-refractivity contribution is -0.192. The Morgan fingerprint density at radius 1 is 1.36 bits per heavy atom. The second kappa shape index (κ2) is 9.76. The summed E-state index contributed by atoms with van der Waals surface area (Å²) in [6, 6.07) is 2.45. The van der Waals surface area contributed by atoms with Crippen LogP contribution in [0.25, 0.3) is 0 Å². The average Bonchev–Trinajstić information content (AvgIpc) is 2.96. The number of halogens is 3. The van der Waals surface area contributed by atoms with E-state index in [9.17, 15) is 18.0 Å². The average molecular weight is 380 g/mol. The molecule has 0 aromatic carbocycles. The molecule has 2 rings (SSSR count). The maximum absolute atomic E-state index is 12.3. The predicted octanol–water partition coefficient (Wildman–Crippen LogP) is 2.87. The molecular weight excluding hydrogens is 357 g/mol. The smallest absolute Gasteiger partial charge is 0.475 e. The number of aliphatic carboxylic acids is 1. The number of carboxylic acid groups (broad SMARTS) is 1. The van der Waals surface area contributed by atoms with Gasteiger partial charge in [-0.1, -0.05) is 0 Å². The topological polar surface area (TPSA) is 60.9 Å². The number of hydrogen-bond donors (Lipinski definition) is 1. The first kappa shape index (κ1) is 21.4. The zero-order valence-corrected chi connectivity index (χ0v) is 15.1. The molecule has 1 aliphatic rings. The molecule has 1 aromatic heterocycles. The summed E-state index contributed by atoms with van der Waals surface area (Å²) in [6.45, 7) is 5.15. The molecule has 0 spiro atoms. The van der Waals surface area contributed by atoms with Crippen LogP contribution in [0, 0.1) is 0 Å². The van der Waals surface area contributed by atoms with Crippen molar-refractivity contribution in [2.45, 2.75) is 38.4 Å². The van der Waals surface area contributed by atoms with Gasteiger partial charge in [-0.3, -0.25) is 4.79 Å². The van der Waals surface area contributed by atoms with Crippen LogP contribution in [0.2, 0.25) is 0 Å². The minimum Gasteiger partial charge on any atom is -0.475 e. The lowest BCUT2D eigenvalue weighted by Crippen LogP contribution is -2.42. The predicted molar refractivity (Wildman–Crippen MR) is 89.6 cm³/mol. The van der Waals surface area contributed by atoms with Crippen LogP contribution in [0.15, 0.2) is 16.8 Å². The molecule has 5 nitrogen and oxygen atoms in total. The van der Waals surface area contributed by atoms with Crippen LogP contribution in [-0.2, 0) is 16.0 Å². The molecule has 1 atom stereocenters.